The lowest BCUT2D eigenvalue weighted by Gasteiger charge is -2.11. The lowest BCUT2D eigenvalue weighted by molar-refractivity contribution is 0.613. The Labute approximate surface area is 106 Å². The minimum Gasteiger partial charge on any atom is -0.316 e. The molecule has 4 nitrogen and oxygen atoms in total. The van der Waals surface area contributed by atoms with Crippen LogP contribution in [0.5, 0.6) is 0 Å². The number of rotatable bonds is 5. The van der Waals surface area contributed by atoms with Gasteiger partial charge in [-0.1, -0.05) is 6.92 Å². The minimum absolute atomic E-state index is 0.318. The second-order valence-corrected chi connectivity index (χ2v) is 4.13. The van der Waals surface area contributed by atoms with E-state index in [-0.39, 0.29) is 5.82 Å². The molecule has 0 amide bonds. The lowest BCUT2D eigenvalue weighted by atomic mass is 10.2. The van der Waals surface area contributed by atoms with Gasteiger partial charge in [0.25, 0.3) is 0 Å². The topological polar surface area (TPSA) is 42.7 Å². The standard InChI is InChI=1S/C13H17FN4/c1-3-4-12-16-5-6-18(12)13-10(8-15-2)7-11(14)9-17-13/h5-7,9,15H,3-4,8H2,1-2H3. The fourth-order valence-electron chi connectivity index (χ4n) is 1.95. The second-order valence-electron chi connectivity index (χ2n) is 4.13. The average Bonchev–Trinajstić information content (AvgIpc) is 2.78. The van der Waals surface area contributed by atoms with Crippen molar-refractivity contribution in [1.82, 2.24) is 19.9 Å². The summed E-state index contributed by atoms with van der Waals surface area (Å²) in [6, 6.07) is 1.51. The first-order valence-corrected chi connectivity index (χ1v) is 6.08. The maximum absolute atomic E-state index is 13.2. The number of aromatic nitrogens is 3. The second kappa shape index (κ2) is 5.73. The first-order valence-electron chi connectivity index (χ1n) is 6.08. The smallest absolute Gasteiger partial charge is 0.142 e. The molecule has 0 saturated heterocycles. The van der Waals surface area contributed by atoms with Gasteiger partial charge in [0.2, 0.25) is 0 Å². The van der Waals surface area contributed by atoms with E-state index in [1.165, 1.54) is 12.3 Å². The predicted octanol–water partition coefficient (Wildman–Crippen LogP) is 2.08. The summed E-state index contributed by atoms with van der Waals surface area (Å²) in [6.45, 7) is 2.68. The zero-order valence-electron chi connectivity index (χ0n) is 10.7. The molecule has 0 aliphatic rings. The zero-order valence-corrected chi connectivity index (χ0v) is 10.7. The van der Waals surface area contributed by atoms with E-state index in [4.69, 9.17) is 0 Å². The number of nitrogens with zero attached hydrogens (tertiary/aromatic N) is 3. The monoisotopic (exact) mass is 248 g/mol. The summed E-state index contributed by atoms with van der Waals surface area (Å²) < 4.78 is 15.2. The van der Waals surface area contributed by atoms with Crippen molar-refractivity contribution in [3.63, 3.8) is 0 Å². The number of imidazole rings is 1. The maximum atomic E-state index is 13.2. The van der Waals surface area contributed by atoms with Crippen molar-refractivity contribution in [3.05, 3.63) is 41.9 Å². The van der Waals surface area contributed by atoms with Gasteiger partial charge in [-0.2, -0.15) is 0 Å². The molecular weight excluding hydrogens is 231 g/mol. The van der Waals surface area contributed by atoms with Crippen molar-refractivity contribution < 1.29 is 4.39 Å². The van der Waals surface area contributed by atoms with Crippen molar-refractivity contribution in [2.24, 2.45) is 0 Å². The first-order chi connectivity index (χ1) is 8.76. The molecule has 0 unspecified atom stereocenters. The molecule has 0 radical (unpaired) electrons. The molecule has 0 bridgehead atoms. The predicted molar refractivity (Wildman–Crippen MR) is 68.1 cm³/mol. The van der Waals surface area contributed by atoms with Gasteiger partial charge in [-0.15, -0.1) is 0 Å². The van der Waals surface area contributed by atoms with Gasteiger partial charge in [0.1, 0.15) is 17.5 Å². The molecule has 0 aromatic carbocycles. The van der Waals surface area contributed by atoms with Crippen molar-refractivity contribution in [3.8, 4) is 5.82 Å². The van der Waals surface area contributed by atoms with Gasteiger partial charge in [-0.25, -0.2) is 14.4 Å². The highest BCUT2D eigenvalue weighted by Gasteiger charge is 2.11. The van der Waals surface area contributed by atoms with Crippen LogP contribution in [0, 0.1) is 5.82 Å². The minimum atomic E-state index is -0.318. The van der Waals surface area contributed by atoms with Crippen LogP contribution in [0.1, 0.15) is 24.7 Å². The van der Waals surface area contributed by atoms with Crippen LogP contribution in [0.4, 0.5) is 4.39 Å². The molecule has 0 aliphatic carbocycles. The average molecular weight is 248 g/mol. The number of hydrogen-bond donors (Lipinski definition) is 1. The largest absolute Gasteiger partial charge is 0.316 e. The Morgan fingerprint density at radius 3 is 2.94 bits per heavy atom. The fraction of sp³-hybridized carbons (Fsp3) is 0.385. The Morgan fingerprint density at radius 2 is 2.22 bits per heavy atom. The van der Waals surface area contributed by atoms with E-state index < -0.39 is 0 Å². The van der Waals surface area contributed by atoms with E-state index in [0.717, 1.165) is 30.0 Å². The van der Waals surface area contributed by atoms with Crippen molar-refractivity contribution >= 4 is 0 Å². The molecule has 0 spiro atoms. The van der Waals surface area contributed by atoms with Gasteiger partial charge in [0.15, 0.2) is 0 Å². The molecule has 2 aromatic rings. The van der Waals surface area contributed by atoms with Gasteiger partial charge in [-0.3, -0.25) is 4.57 Å². The molecule has 0 aliphatic heterocycles. The van der Waals surface area contributed by atoms with E-state index >= 15 is 0 Å². The van der Waals surface area contributed by atoms with E-state index in [1.807, 2.05) is 17.8 Å². The number of aryl methyl sites for hydroxylation is 1. The summed E-state index contributed by atoms with van der Waals surface area (Å²) in [5, 5.41) is 3.02. The molecule has 2 rings (SSSR count). The van der Waals surface area contributed by atoms with Gasteiger partial charge in [0, 0.05) is 30.9 Å². The molecule has 0 atom stereocenters. The molecule has 96 valence electrons. The fourth-order valence-corrected chi connectivity index (χ4v) is 1.95. The van der Waals surface area contributed by atoms with Gasteiger partial charge in [-0.05, 0) is 19.5 Å². The number of hydrogen-bond acceptors (Lipinski definition) is 3. The quantitative estimate of drug-likeness (QED) is 0.881. The van der Waals surface area contributed by atoms with Crippen molar-refractivity contribution in [2.45, 2.75) is 26.3 Å². The number of pyridine rings is 1. The summed E-state index contributed by atoms with van der Waals surface area (Å²) >= 11 is 0. The zero-order chi connectivity index (χ0) is 13.0. The van der Waals surface area contributed by atoms with E-state index in [1.54, 1.807) is 6.20 Å². The van der Waals surface area contributed by atoms with Crippen LogP contribution in [0.25, 0.3) is 5.82 Å². The highest BCUT2D eigenvalue weighted by Crippen LogP contribution is 2.16. The summed E-state index contributed by atoms with van der Waals surface area (Å²) in [4.78, 5) is 8.50. The van der Waals surface area contributed by atoms with Crippen LogP contribution in [0.15, 0.2) is 24.7 Å². The van der Waals surface area contributed by atoms with Crippen LogP contribution in [0.3, 0.4) is 0 Å². The molecule has 0 fully saturated rings. The third-order valence-corrected chi connectivity index (χ3v) is 2.70. The van der Waals surface area contributed by atoms with Crippen LogP contribution >= 0.6 is 0 Å². The highest BCUT2D eigenvalue weighted by molar-refractivity contribution is 5.35. The van der Waals surface area contributed by atoms with E-state index in [2.05, 4.69) is 22.2 Å². The Morgan fingerprint density at radius 1 is 1.39 bits per heavy atom. The van der Waals surface area contributed by atoms with E-state index in [9.17, 15) is 4.39 Å². The van der Waals surface area contributed by atoms with Crippen LogP contribution in [-0.2, 0) is 13.0 Å². The molecular formula is C13H17FN4. The summed E-state index contributed by atoms with van der Waals surface area (Å²) in [5.74, 6) is 1.38. The summed E-state index contributed by atoms with van der Waals surface area (Å²) in [5.41, 5.74) is 0.827. The Kier molecular flexibility index (Phi) is 4.04. The van der Waals surface area contributed by atoms with Crippen LogP contribution in [0.2, 0.25) is 0 Å². The highest BCUT2D eigenvalue weighted by atomic mass is 19.1. The van der Waals surface area contributed by atoms with Gasteiger partial charge in [0.05, 0.1) is 6.20 Å². The molecule has 1 N–H and O–H groups in total. The number of nitrogens with one attached hydrogen (secondary N) is 1. The Bertz CT molecular complexity index is 521. The normalized spacial score (nSPS) is 10.8. The molecule has 5 heteroatoms. The van der Waals surface area contributed by atoms with Crippen molar-refractivity contribution in [1.29, 1.82) is 0 Å². The SMILES string of the molecule is CCCc1nccn1-c1ncc(F)cc1CNC. The van der Waals surface area contributed by atoms with Gasteiger partial charge >= 0.3 is 0 Å². The molecule has 18 heavy (non-hydrogen) atoms. The molecule has 0 saturated carbocycles. The van der Waals surface area contributed by atoms with Crippen LogP contribution in [-0.4, -0.2) is 21.6 Å². The lowest BCUT2D eigenvalue weighted by Crippen LogP contribution is -2.12. The maximum Gasteiger partial charge on any atom is 0.142 e. The third kappa shape index (κ3) is 2.56. The Hall–Kier alpha value is -1.75. The summed E-state index contributed by atoms with van der Waals surface area (Å²) in [7, 11) is 1.83. The Balaban J connectivity index is 2.45. The number of halogens is 1. The van der Waals surface area contributed by atoms with E-state index in [0.29, 0.717) is 6.54 Å². The van der Waals surface area contributed by atoms with Crippen LogP contribution < -0.4 is 5.32 Å². The first kappa shape index (κ1) is 12.7. The van der Waals surface area contributed by atoms with Gasteiger partial charge < -0.3 is 5.32 Å². The summed E-state index contributed by atoms with van der Waals surface area (Å²) in [6.07, 6.45) is 6.75. The van der Waals surface area contributed by atoms with Crippen molar-refractivity contribution in [2.75, 3.05) is 7.05 Å². The molecule has 2 heterocycles. The molecule has 2 aromatic heterocycles. The third-order valence-electron chi connectivity index (χ3n) is 2.70.